The van der Waals surface area contributed by atoms with Gasteiger partial charge in [-0.2, -0.15) is 0 Å². The maximum atomic E-state index is 15.0. The van der Waals surface area contributed by atoms with Gasteiger partial charge in [0.1, 0.15) is 6.04 Å². The van der Waals surface area contributed by atoms with Gasteiger partial charge in [0.2, 0.25) is 11.8 Å². The molecule has 1 aliphatic heterocycles. The second kappa shape index (κ2) is 13.8. The third-order valence-corrected chi connectivity index (χ3v) is 9.38. The number of hydrogen-bond donors (Lipinski definition) is 0. The summed E-state index contributed by atoms with van der Waals surface area (Å²) in [5.74, 6) is 0.0874. The molecule has 46 heavy (non-hydrogen) atoms. The molecule has 2 aliphatic rings. The van der Waals surface area contributed by atoms with Gasteiger partial charge < -0.3 is 14.4 Å². The molecule has 2 amide bonds. The molecule has 0 bridgehead atoms. The summed E-state index contributed by atoms with van der Waals surface area (Å²) in [4.78, 5) is 44.0. The standard InChI is InChI=1S/C37H43ClN6O2/c1-37(2,3)36(46)43-21-22-44(34-31-15-14-30(38)23-29(31)13-12-28-11-7-16-40-33(28)34)32(25-43)35(45)42(24-27-9-5-4-6-10-27)19-8-18-41-20-17-39-26-41/h4-7,9-11,14-17,20,23,26,32,34H,8,12-13,18-19,21-22,24-25H2,1-3H3. The summed E-state index contributed by atoms with van der Waals surface area (Å²) in [6.45, 7) is 9.09. The van der Waals surface area contributed by atoms with Crippen LogP contribution in [0.15, 0.2) is 85.6 Å². The highest BCUT2D eigenvalue weighted by Crippen LogP contribution is 2.39. The number of fused-ring (bicyclic) bond motifs is 2. The van der Waals surface area contributed by atoms with E-state index in [2.05, 4.69) is 40.2 Å². The number of aryl methyl sites for hydroxylation is 3. The SMILES string of the molecule is CC(C)(C)C(=O)N1CCN(C2c3ccc(Cl)cc3CCc3cccnc32)C(C(=O)N(CCCn2ccnc2)Cc2ccccc2)C1. The van der Waals surface area contributed by atoms with Gasteiger partial charge in [-0.3, -0.25) is 19.5 Å². The number of benzene rings is 2. The number of nitrogens with zero attached hydrogens (tertiary/aromatic N) is 6. The average molecular weight is 639 g/mol. The molecule has 1 aliphatic carbocycles. The quantitative estimate of drug-likeness (QED) is 0.244. The fourth-order valence-electron chi connectivity index (χ4n) is 6.85. The van der Waals surface area contributed by atoms with E-state index in [1.165, 1.54) is 11.1 Å². The van der Waals surface area contributed by atoms with Crippen LogP contribution < -0.4 is 0 Å². The van der Waals surface area contributed by atoms with E-state index >= 15 is 4.79 Å². The summed E-state index contributed by atoms with van der Waals surface area (Å²) < 4.78 is 2.04. The number of hydrogen-bond acceptors (Lipinski definition) is 5. The van der Waals surface area contributed by atoms with Gasteiger partial charge in [0.25, 0.3) is 0 Å². The van der Waals surface area contributed by atoms with Crippen LogP contribution in [0, 0.1) is 5.41 Å². The predicted molar refractivity (Wildman–Crippen MR) is 180 cm³/mol. The molecule has 9 heteroatoms. The van der Waals surface area contributed by atoms with E-state index in [1.807, 2.05) is 84.2 Å². The molecule has 0 spiro atoms. The molecular formula is C37H43ClN6O2. The van der Waals surface area contributed by atoms with Crippen molar-refractivity contribution in [2.75, 3.05) is 26.2 Å². The lowest BCUT2D eigenvalue weighted by Gasteiger charge is -2.47. The van der Waals surface area contributed by atoms with Crippen molar-refractivity contribution in [3.05, 3.63) is 119 Å². The van der Waals surface area contributed by atoms with Gasteiger partial charge in [-0.1, -0.05) is 74.8 Å². The van der Waals surface area contributed by atoms with Crippen molar-refractivity contribution in [2.24, 2.45) is 5.41 Å². The number of rotatable bonds is 8. The van der Waals surface area contributed by atoms with E-state index in [1.54, 1.807) is 6.20 Å². The zero-order valence-electron chi connectivity index (χ0n) is 27.0. The molecule has 0 radical (unpaired) electrons. The zero-order valence-corrected chi connectivity index (χ0v) is 27.7. The van der Waals surface area contributed by atoms with Crippen LogP contribution in [0.5, 0.6) is 0 Å². The molecular weight excluding hydrogens is 596 g/mol. The number of carbonyl (C=O) groups is 2. The molecule has 1 fully saturated rings. The smallest absolute Gasteiger partial charge is 0.242 e. The maximum absolute atomic E-state index is 15.0. The summed E-state index contributed by atoms with van der Waals surface area (Å²) in [5.41, 5.74) is 4.99. The van der Waals surface area contributed by atoms with Crippen LogP contribution in [0.3, 0.4) is 0 Å². The number of piperazine rings is 1. The molecule has 1 saturated heterocycles. The second-order valence-electron chi connectivity index (χ2n) is 13.4. The van der Waals surface area contributed by atoms with E-state index in [9.17, 15) is 4.79 Å². The molecule has 0 N–H and O–H groups in total. The van der Waals surface area contributed by atoms with Crippen LogP contribution in [-0.4, -0.2) is 73.3 Å². The van der Waals surface area contributed by atoms with Crippen molar-refractivity contribution < 1.29 is 9.59 Å². The number of aromatic nitrogens is 3. The van der Waals surface area contributed by atoms with Gasteiger partial charge in [0.05, 0.1) is 18.1 Å². The number of amides is 2. The van der Waals surface area contributed by atoms with Crippen LogP contribution in [0.25, 0.3) is 0 Å². The lowest BCUT2D eigenvalue weighted by atomic mass is 9.91. The van der Waals surface area contributed by atoms with E-state index < -0.39 is 11.5 Å². The van der Waals surface area contributed by atoms with Crippen LogP contribution in [-0.2, 0) is 35.5 Å². The van der Waals surface area contributed by atoms with Gasteiger partial charge in [-0.15, -0.1) is 0 Å². The number of pyridine rings is 1. The fourth-order valence-corrected chi connectivity index (χ4v) is 7.04. The van der Waals surface area contributed by atoms with Gasteiger partial charge >= 0.3 is 0 Å². The summed E-state index contributed by atoms with van der Waals surface area (Å²) in [7, 11) is 0. The molecule has 2 unspecified atom stereocenters. The minimum absolute atomic E-state index is 0.0261. The van der Waals surface area contributed by atoms with Crippen molar-refractivity contribution in [1.82, 2.24) is 29.2 Å². The average Bonchev–Trinajstić information content (AvgIpc) is 3.52. The van der Waals surface area contributed by atoms with Crippen LogP contribution in [0.1, 0.15) is 61.2 Å². The molecule has 240 valence electrons. The number of imidazole rings is 1. The van der Waals surface area contributed by atoms with Crippen molar-refractivity contribution in [1.29, 1.82) is 0 Å². The Balaban J connectivity index is 1.40. The Morgan fingerprint density at radius 2 is 1.78 bits per heavy atom. The molecule has 2 aromatic heterocycles. The summed E-state index contributed by atoms with van der Waals surface area (Å²) in [6, 6.07) is 19.6. The zero-order chi connectivity index (χ0) is 32.3. The molecule has 2 atom stereocenters. The minimum Gasteiger partial charge on any atom is -0.339 e. The summed E-state index contributed by atoms with van der Waals surface area (Å²) in [5, 5.41) is 0.705. The van der Waals surface area contributed by atoms with E-state index in [4.69, 9.17) is 16.6 Å². The Labute approximate surface area is 277 Å². The Morgan fingerprint density at radius 1 is 0.978 bits per heavy atom. The second-order valence-corrected chi connectivity index (χ2v) is 13.9. The Morgan fingerprint density at radius 3 is 2.54 bits per heavy atom. The van der Waals surface area contributed by atoms with Gasteiger partial charge in [-0.25, -0.2) is 4.98 Å². The highest BCUT2D eigenvalue weighted by molar-refractivity contribution is 6.30. The maximum Gasteiger partial charge on any atom is 0.242 e. The van der Waals surface area contributed by atoms with E-state index in [0.717, 1.165) is 42.6 Å². The topological polar surface area (TPSA) is 74.6 Å². The molecule has 0 saturated carbocycles. The van der Waals surface area contributed by atoms with Gasteiger partial charge in [0, 0.05) is 68.3 Å². The normalized spacial score (nSPS) is 18.4. The molecule has 6 rings (SSSR count). The predicted octanol–water partition coefficient (Wildman–Crippen LogP) is 5.80. The van der Waals surface area contributed by atoms with Crippen molar-refractivity contribution in [2.45, 2.75) is 65.2 Å². The van der Waals surface area contributed by atoms with Crippen molar-refractivity contribution in [3.63, 3.8) is 0 Å². The minimum atomic E-state index is -0.557. The van der Waals surface area contributed by atoms with Crippen LogP contribution in [0.4, 0.5) is 0 Å². The highest BCUT2D eigenvalue weighted by Gasteiger charge is 2.44. The number of carbonyl (C=O) groups excluding carboxylic acids is 2. The third-order valence-electron chi connectivity index (χ3n) is 9.15. The van der Waals surface area contributed by atoms with E-state index in [-0.39, 0.29) is 17.9 Å². The lowest BCUT2D eigenvalue weighted by Crippen LogP contribution is -2.62. The first-order valence-electron chi connectivity index (χ1n) is 16.2. The monoisotopic (exact) mass is 638 g/mol. The molecule has 2 aromatic carbocycles. The summed E-state index contributed by atoms with van der Waals surface area (Å²) >= 11 is 6.51. The largest absolute Gasteiger partial charge is 0.339 e. The lowest BCUT2D eigenvalue weighted by molar-refractivity contribution is -0.149. The van der Waals surface area contributed by atoms with Crippen LogP contribution in [0.2, 0.25) is 5.02 Å². The molecule has 4 aromatic rings. The Hall–Kier alpha value is -4.01. The molecule has 8 nitrogen and oxygen atoms in total. The van der Waals surface area contributed by atoms with E-state index in [0.29, 0.717) is 37.7 Å². The van der Waals surface area contributed by atoms with Crippen molar-refractivity contribution >= 4 is 23.4 Å². The van der Waals surface area contributed by atoms with Gasteiger partial charge in [0.15, 0.2) is 0 Å². The Kier molecular flexibility index (Phi) is 9.57. The third kappa shape index (κ3) is 7.03. The fraction of sp³-hybridized carbons (Fsp3) is 0.405. The first-order chi connectivity index (χ1) is 22.2. The Bertz CT molecular complexity index is 1650. The van der Waals surface area contributed by atoms with Crippen LogP contribution >= 0.6 is 11.6 Å². The first-order valence-corrected chi connectivity index (χ1v) is 16.6. The molecule has 3 heterocycles. The van der Waals surface area contributed by atoms with Gasteiger partial charge in [-0.05, 0) is 59.7 Å². The summed E-state index contributed by atoms with van der Waals surface area (Å²) in [6.07, 6.45) is 9.85. The highest BCUT2D eigenvalue weighted by atomic mass is 35.5. The van der Waals surface area contributed by atoms with Crippen molar-refractivity contribution in [3.8, 4) is 0 Å². The first kappa shape index (κ1) is 32.0. The number of halogens is 1.